The largest absolute Gasteiger partial charge is 0.337 e. The molecule has 3 aromatic rings. The number of amides is 1. The lowest BCUT2D eigenvalue weighted by atomic mass is 10.1. The standard InChI is InChI=1S/C25H26N2O4S/c1-18-4-6-21(7-5-18)17-27(3)25(29)23-10-8-20(9-11-23)16-26-32(30,31)24-14-12-22(13-15-24)19(2)28/h4-15,26H,16-17H2,1-3H3. The van der Waals surface area contributed by atoms with Gasteiger partial charge in [-0.1, -0.05) is 54.1 Å². The second-order valence-corrected chi connectivity index (χ2v) is 9.52. The second-order valence-electron chi connectivity index (χ2n) is 7.75. The van der Waals surface area contributed by atoms with Crippen molar-refractivity contribution in [1.82, 2.24) is 9.62 Å². The van der Waals surface area contributed by atoms with Crippen LogP contribution in [0, 0.1) is 6.92 Å². The Balaban J connectivity index is 1.60. The SMILES string of the molecule is CC(=O)c1ccc(S(=O)(=O)NCc2ccc(C(=O)N(C)Cc3ccc(C)cc3)cc2)cc1. The first-order valence-corrected chi connectivity index (χ1v) is 11.6. The van der Waals surface area contributed by atoms with E-state index in [2.05, 4.69) is 4.72 Å². The maximum atomic E-state index is 12.7. The first-order valence-electron chi connectivity index (χ1n) is 10.2. The predicted octanol–water partition coefficient (Wildman–Crippen LogP) is 3.95. The van der Waals surface area contributed by atoms with Gasteiger partial charge in [-0.3, -0.25) is 9.59 Å². The van der Waals surface area contributed by atoms with Gasteiger partial charge in [0.25, 0.3) is 5.91 Å². The van der Waals surface area contributed by atoms with Crippen LogP contribution < -0.4 is 4.72 Å². The van der Waals surface area contributed by atoms with E-state index in [4.69, 9.17) is 0 Å². The molecule has 0 aliphatic heterocycles. The summed E-state index contributed by atoms with van der Waals surface area (Å²) < 4.78 is 27.5. The molecule has 0 saturated heterocycles. The van der Waals surface area contributed by atoms with Crippen LogP contribution >= 0.6 is 0 Å². The Hall–Kier alpha value is -3.29. The number of rotatable bonds is 8. The minimum atomic E-state index is -3.71. The number of nitrogens with one attached hydrogen (secondary N) is 1. The maximum Gasteiger partial charge on any atom is 0.253 e. The molecule has 1 amide bonds. The Bertz CT molecular complexity index is 1200. The minimum Gasteiger partial charge on any atom is -0.337 e. The van der Waals surface area contributed by atoms with E-state index < -0.39 is 10.0 Å². The fraction of sp³-hybridized carbons (Fsp3) is 0.200. The molecule has 0 radical (unpaired) electrons. The Morgan fingerprint density at radius 1 is 0.812 bits per heavy atom. The molecule has 0 aromatic heterocycles. The highest BCUT2D eigenvalue weighted by Crippen LogP contribution is 2.14. The summed E-state index contributed by atoms with van der Waals surface area (Å²) in [4.78, 5) is 25.8. The van der Waals surface area contributed by atoms with Crippen LogP contribution in [0.1, 0.15) is 44.3 Å². The zero-order chi connectivity index (χ0) is 23.3. The summed E-state index contributed by atoms with van der Waals surface area (Å²) in [7, 11) is -1.96. The number of Topliss-reactive ketones (excluding diaryl/α,β-unsaturated/α-hetero) is 1. The first-order chi connectivity index (χ1) is 15.2. The molecule has 0 spiro atoms. The van der Waals surface area contributed by atoms with Gasteiger partial charge >= 0.3 is 0 Å². The lowest BCUT2D eigenvalue weighted by molar-refractivity contribution is 0.0785. The smallest absolute Gasteiger partial charge is 0.253 e. The molecule has 3 rings (SSSR count). The lowest BCUT2D eigenvalue weighted by Gasteiger charge is -2.18. The van der Waals surface area contributed by atoms with Crippen LogP contribution in [0.3, 0.4) is 0 Å². The van der Waals surface area contributed by atoms with Crippen molar-refractivity contribution >= 4 is 21.7 Å². The molecular formula is C25H26N2O4S. The van der Waals surface area contributed by atoms with E-state index in [9.17, 15) is 18.0 Å². The van der Waals surface area contributed by atoms with Crippen molar-refractivity contribution in [2.24, 2.45) is 0 Å². The van der Waals surface area contributed by atoms with E-state index in [-0.39, 0.29) is 23.1 Å². The molecule has 3 aromatic carbocycles. The van der Waals surface area contributed by atoms with Gasteiger partial charge in [0.05, 0.1) is 4.90 Å². The summed E-state index contributed by atoms with van der Waals surface area (Å²) in [5.41, 5.74) is 3.94. The number of nitrogens with zero attached hydrogens (tertiary/aromatic N) is 1. The van der Waals surface area contributed by atoms with Gasteiger partial charge in [-0.05, 0) is 49.2 Å². The molecule has 0 bridgehead atoms. The molecule has 0 atom stereocenters. The van der Waals surface area contributed by atoms with Crippen molar-refractivity contribution in [3.05, 3.63) is 101 Å². The molecule has 7 heteroatoms. The van der Waals surface area contributed by atoms with Crippen molar-refractivity contribution in [3.8, 4) is 0 Å². The van der Waals surface area contributed by atoms with Gasteiger partial charge in [-0.2, -0.15) is 0 Å². The third kappa shape index (κ3) is 5.90. The maximum absolute atomic E-state index is 12.7. The zero-order valence-electron chi connectivity index (χ0n) is 18.3. The summed E-state index contributed by atoms with van der Waals surface area (Å²) >= 11 is 0. The molecule has 0 aliphatic carbocycles. The van der Waals surface area contributed by atoms with E-state index in [1.54, 1.807) is 36.2 Å². The van der Waals surface area contributed by atoms with Crippen molar-refractivity contribution in [1.29, 1.82) is 0 Å². The molecule has 0 saturated carbocycles. The number of sulfonamides is 1. The number of ketones is 1. The highest BCUT2D eigenvalue weighted by Gasteiger charge is 2.15. The van der Waals surface area contributed by atoms with Crippen LogP contribution in [-0.4, -0.2) is 32.1 Å². The normalized spacial score (nSPS) is 11.2. The van der Waals surface area contributed by atoms with Crippen LogP contribution in [0.5, 0.6) is 0 Å². The first kappa shape index (κ1) is 23.4. The lowest BCUT2D eigenvalue weighted by Crippen LogP contribution is -2.26. The quantitative estimate of drug-likeness (QED) is 0.527. The van der Waals surface area contributed by atoms with Gasteiger partial charge in [-0.15, -0.1) is 0 Å². The number of benzene rings is 3. The number of carbonyl (C=O) groups is 2. The van der Waals surface area contributed by atoms with Gasteiger partial charge in [0.15, 0.2) is 5.78 Å². The third-order valence-electron chi connectivity index (χ3n) is 5.13. The van der Waals surface area contributed by atoms with Gasteiger partial charge in [0.1, 0.15) is 0 Å². The summed E-state index contributed by atoms with van der Waals surface area (Å²) in [5, 5.41) is 0. The monoisotopic (exact) mass is 450 g/mol. The Labute approximate surface area is 188 Å². The average Bonchev–Trinajstić information content (AvgIpc) is 2.79. The second kappa shape index (κ2) is 9.89. The molecule has 0 unspecified atom stereocenters. The minimum absolute atomic E-state index is 0.0878. The van der Waals surface area contributed by atoms with Crippen LogP contribution in [0.2, 0.25) is 0 Å². The topological polar surface area (TPSA) is 83.5 Å². The Morgan fingerprint density at radius 2 is 1.34 bits per heavy atom. The number of carbonyl (C=O) groups excluding carboxylic acids is 2. The summed E-state index contributed by atoms with van der Waals surface area (Å²) in [5.74, 6) is -0.232. The van der Waals surface area contributed by atoms with Crippen LogP contribution in [0.4, 0.5) is 0 Å². The number of aryl methyl sites for hydroxylation is 1. The average molecular weight is 451 g/mol. The predicted molar refractivity (Wildman–Crippen MR) is 124 cm³/mol. The van der Waals surface area contributed by atoms with Crippen LogP contribution in [-0.2, 0) is 23.1 Å². The van der Waals surface area contributed by atoms with Crippen molar-refractivity contribution in [2.75, 3.05) is 7.05 Å². The van der Waals surface area contributed by atoms with E-state index in [1.807, 2.05) is 31.2 Å². The van der Waals surface area contributed by atoms with Crippen LogP contribution in [0.25, 0.3) is 0 Å². The molecule has 1 N–H and O–H groups in total. The van der Waals surface area contributed by atoms with E-state index >= 15 is 0 Å². The molecule has 0 fully saturated rings. The zero-order valence-corrected chi connectivity index (χ0v) is 19.1. The highest BCUT2D eigenvalue weighted by molar-refractivity contribution is 7.89. The molecule has 0 aliphatic rings. The van der Waals surface area contributed by atoms with E-state index in [0.29, 0.717) is 17.7 Å². The summed E-state index contributed by atoms with van der Waals surface area (Å²) in [6, 6.07) is 20.7. The van der Waals surface area contributed by atoms with E-state index in [0.717, 1.165) is 11.1 Å². The molecular weight excluding hydrogens is 424 g/mol. The van der Waals surface area contributed by atoms with Gasteiger partial charge in [-0.25, -0.2) is 13.1 Å². The highest BCUT2D eigenvalue weighted by atomic mass is 32.2. The Morgan fingerprint density at radius 3 is 1.91 bits per heavy atom. The summed E-state index contributed by atoms with van der Waals surface area (Å²) in [6.07, 6.45) is 0. The molecule has 0 heterocycles. The number of hydrogen-bond acceptors (Lipinski definition) is 4. The van der Waals surface area contributed by atoms with Crippen LogP contribution in [0.15, 0.2) is 77.7 Å². The van der Waals surface area contributed by atoms with Gasteiger partial charge < -0.3 is 4.90 Å². The van der Waals surface area contributed by atoms with Crippen molar-refractivity contribution in [2.45, 2.75) is 31.8 Å². The molecule has 166 valence electrons. The fourth-order valence-corrected chi connectivity index (χ4v) is 4.17. The van der Waals surface area contributed by atoms with Gasteiger partial charge in [0, 0.05) is 31.3 Å². The van der Waals surface area contributed by atoms with E-state index in [1.165, 1.54) is 36.8 Å². The third-order valence-corrected chi connectivity index (χ3v) is 6.54. The van der Waals surface area contributed by atoms with Gasteiger partial charge in [0.2, 0.25) is 10.0 Å². The molecule has 32 heavy (non-hydrogen) atoms. The fourth-order valence-electron chi connectivity index (χ4n) is 3.16. The molecule has 6 nitrogen and oxygen atoms in total. The summed E-state index contributed by atoms with van der Waals surface area (Å²) in [6.45, 7) is 4.04. The van der Waals surface area contributed by atoms with Crippen molar-refractivity contribution in [3.63, 3.8) is 0 Å². The number of hydrogen-bond donors (Lipinski definition) is 1. The Kier molecular flexibility index (Phi) is 7.22. The van der Waals surface area contributed by atoms with Crippen molar-refractivity contribution < 1.29 is 18.0 Å².